The van der Waals surface area contributed by atoms with Crippen LogP contribution in [0.1, 0.15) is 11.1 Å². The van der Waals surface area contributed by atoms with Crippen LogP contribution >= 0.6 is 15.9 Å². The molecule has 0 saturated carbocycles. The van der Waals surface area contributed by atoms with Crippen molar-refractivity contribution in [3.63, 3.8) is 0 Å². The van der Waals surface area contributed by atoms with Gasteiger partial charge in [0.05, 0.1) is 11.5 Å². The summed E-state index contributed by atoms with van der Waals surface area (Å²) in [4.78, 5) is 3.95. The van der Waals surface area contributed by atoms with Crippen LogP contribution in [0.2, 0.25) is 0 Å². The second-order valence-electron chi connectivity index (χ2n) is 3.10. The molecule has 0 saturated heterocycles. The van der Waals surface area contributed by atoms with E-state index in [1.165, 1.54) is 0 Å². The molecule has 0 aliphatic carbocycles. The number of rotatable bonds is 0. The van der Waals surface area contributed by atoms with Crippen molar-refractivity contribution in [2.75, 3.05) is 5.75 Å². The maximum Gasteiger partial charge on any atom is 0.154 e. The Kier molecular flexibility index (Phi) is 2.15. The topological polar surface area (TPSA) is 47.0 Å². The van der Waals surface area contributed by atoms with Crippen molar-refractivity contribution in [1.82, 2.24) is 4.98 Å². The van der Waals surface area contributed by atoms with E-state index in [9.17, 15) is 8.42 Å². The third-order valence-electron chi connectivity index (χ3n) is 2.13. The van der Waals surface area contributed by atoms with Crippen LogP contribution in [0.3, 0.4) is 0 Å². The smallest absolute Gasteiger partial charge is 0.154 e. The Hall–Kier alpha value is -0.420. The quantitative estimate of drug-likeness (QED) is 0.708. The molecule has 1 aromatic rings. The van der Waals surface area contributed by atoms with Gasteiger partial charge in [-0.15, -0.1) is 0 Å². The first-order valence-electron chi connectivity index (χ1n) is 3.90. The van der Waals surface area contributed by atoms with Crippen molar-refractivity contribution in [3.8, 4) is 0 Å². The molecule has 70 valence electrons. The molecule has 0 fully saturated rings. The highest BCUT2D eigenvalue weighted by Crippen LogP contribution is 2.26. The van der Waals surface area contributed by atoms with Crippen LogP contribution in [0.5, 0.6) is 0 Å². The molecule has 1 aliphatic heterocycles. The van der Waals surface area contributed by atoms with E-state index in [0.29, 0.717) is 6.42 Å². The number of fused-ring (bicyclic) bond motifs is 1. The molecule has 0 unspecified atom stereocenters. The minimum absolute atomic E-state index is 0.134. The first-order chi connectivity index (χ1) is 6.08. The summed E-state index contributed by atoms with van der Waals surface area (Å²) in [6.45, 7) is 0. The van der Waals surface area contributed by atoms with Crippen LogP contribution in [-0.2, 0) is 22.0 Å². The number of halogens is 1. The zero-order chi connectivity index (χ0) is 9.47. The minimum Gasteiger partial charge on any atom is -0.263 e. The van der Waals surface area contributed by atoms with E-state index in [0.717, 1.165) is 15.6 Å². The maximum atomic E-state index is 11.3. The molecular formula is C8H8BrNO2S. The van der Waals surface area contributed by atoms with E-state index in [1.54, 1.807) is 12.4 Å². The van der Waals surface area contributed by atoms with E-state index in [2.05, 4.69) is 20.9 Å². The molecule has 3 nitrogen and oxygen atoms in total. The van der Waals surface area contributed by atoms with Gasteiger partial charge in [-0.25, -0.2) is 8.42 Å². The molecule has 1 aromatic heterocycles. The van der Waals surface area contributed by atoms with Crippen molar-refractivity contribution < 1.29 is 8.42 Å². The predicted molar refractivity (Wildman–Crippen MR) is 53.1 cm³/mol. The van der Waals surface area contributed by atoms with E-state index in [1.807, 2.05) is 0 Å². The highest BCUT2D eigenvalue weighted by atomic mass is 79.9. The van der Waals surface area contributed by atoms with Crippen LogP contribution in [0.4, 0.5) is 0 Å². The molecule has 2 rings (SSSR count). The van der Waals surface area contributed by atoms with E-state index >= 15 is 0 Å². The van der Waals surface area contributed by atoms with Crippen molar-refractivity contribution in [2.45, 2.75) is 12.2 Å². The van der Waals surface area contributed by atoms with E-state index < -0.39 is 9.84 Å². The van der Waals surface area contributed by atoms with Crippen LogP contribution in [0.25, 0.3) is 0 Å². The standard InChI is InChI=1S/C8H8BrNO2S/c9-8-4-10-3-6-5-13(11,12)2-1-7(6)8/h3-4H,1-2,5H2. The summed E-state index contributed by atoms with van der Waals surface area (Å²) < 4.78 is 23.5. The highest BCUT2D eigenvalue weighted by molar-refractivity contribution is 9.10. The third kappa shape index (κ3) is 1.76. The fourth-order valence-corrected chi connectivity index (χ4v) is 3.43. The van der Waals surface area contributed by atoms with Crippen LogP contribution in [0.15, 0.2) is 16.9 Å². The number of aromatic nitrogens is 1. The third-order valence-corrected chi connectivity index (χ3v) is 4.39. The van der Waals surface area contributed by atoms with Gasteiger partial charge in [-0.2, -0.15) is 0 Å². The molecule has 5 heteroatoms. The lowest BCUT2D eigenvalue weighted by Gasteiger charge is -2.16. The van der Waals surface area contributed by atoms with Crippen LogP contribution in [-0.4, -0.2) is 19.2 Å². The molecule has 0 spiro atoms. The van der Waals surface area contributed by atoms with E-state index in [-0.39, 0.29) is 11.5 Å². The largest absolute Gasteiger partial charge is 0.263 e. The second-order valence-corrected chi connectivity index (χ2v) is 6.14. The normalized spacial score (nSPS) is 19.5. The minimum atomic E-state index is -2.87. The molecule has 0 aromatic carbocycles. The number of sulfone groups is 1. The number of nitrogens with zero attached hydrogens (tertiary/aromatic N) is 1. The summed E-state index contributed by atoms with van der Waals surface area (Å²) in [5, 5.41) is 0. The number of hydrogen-bond donors (Lipinski definition) is 0. The molecule has 0 N–H and O–H groups in total. The average Bonchev–Trinajstić information content (AvgIpc) is 2.02. The lowest BCUT2D eigenvalue weighted by molar-refractivity contribution is 0.591. The van der Waals surface area contributed by atoms with Crippen LogP contribution in [0, 0.1) is 0 Å². The number of hydrogen-bond acceptors (Lipinski definition) is 3. The summed E-state index contributed by atoms with van der Waals surface area (Å²) in [6.07, 6.45) is 3.94. The Balaban J connectivity index is 2.54. The van der Waals surface area contributed by atoms with E-state index in [4.69, 9.17) is 0 Å². The Labute approximate surface area is 85.2 Å². The Bertz CT molecular complexity index is 441. The van der Waals surface area contributed by atoms with Crippen molar-refractivity contribution in [3.05, 3.63) is 28.0 Å². The summed E-state index contributed by atoms with van der Waals surface area (Å²) in [5.41, 5.74) is 1.92. The fraction of sp³-hybridized carbons (Fsp3) is 0.375. The van der Waals surface area contributed by atoms with Gasteiger partial charge in [-0.1, -0.05) is 0 Å². The summed E-state index contributed by atoms with van der Waals surface area (Å²) >= 11 is 3.36. The second kappa shape index (κ2) is 3.06. The molecule has 0 atom stereocenters. The first-order valence-corrected chi connectivity index (χ1v) is 6.51. The van der Waals surface area contributed by atoms with Crippen molar-refractivity contribution in [1.29, 1.82) is 0 Å². The summed E-state index contributed by atoms with van der Waals surface area (Å²) in [7, 11) is -2.87. The van der Waals surface area contributed by atoms with Gasteiger partial charge in [0.15, 0.2) is 9.84 Å². The maximum absolute atomic E-state index is 11.3. The Morgan fingerprint density at radius 1 is 1.38 bits per heavy atom. The summed E-state index contributed by atoms with van der Waals surface area (Å²) in [6, 6.07) is 0. The molecule has 0 bridgehead atoms. The Morgan fingerprint density at radius 3 is 2.92 bits per heavy atom. The van der Waals surface area contributed by atoms with Crippen molar-refractivity contribution >= 4 is 25.8 Å². The SMILES string of the molecule is O=S1(=O)CCc2c(Br)cncc2C1. The Morgan fingerprint density at radius 2 is 2.15 bits per heavy atom. The lowest BCUT2D eigenvalue weighted by Crippen LogP contribution is -2.19. The van der Waals surface area contributed by atoms with Gasteiger partial charge >= 0.3 is 0 Å². The van der Waals surface area contributed by atoms with Gasteiger partial charge in [0.25, 0.3) is 0 Å². The summed E-state index contributed by atoms with van der Waals surface area (Å²) in [5.74, 6) is 0.386. The van der Waals surface area contributed by atoms with Gasteiger partial charge in [0.2, 0.25) is 0 Å². The fourth-order valence-electron chi connectivity index (χ4n) is 1.47. The van der Waals surface area contributed by atoms with Crippen LogP contribution < -0.4 is 0 Å². The van der Waals surface area contributed by atoms with Gasteiger partial charge in [-0.05, 0) is 33.5 Å². The zero-order valence-corrected chi connectivity index (χ0v) is 9.23. The predicted octanol–water partition coefficient (Wildman–Crippen LogP) is 1.31. The van der Waals surface area contributed by atoms with Gasteiger partial charge < -0.3 is 0 Å². The molecule has 13 heavy (non-hydrogen) atoms. The van der Waals surface area contributed by atoms with Gasteiger partial charge in [0, 0.05) is 16.9 Å². The molecule has 2 heterocycles. The molecule has 1 aliphatic rings. The number of pyridine rings is 1. The molecule has 0 radical (unpaired) electrons. The lowest BCUT2D eigenvalue weighted by atomic mass is 10.1. The average molecular weight is 262 g/mol. The highest BCUT2D eigenvalue weighted by Gasteiger charge is 2.22. The molecular weight excluding hydrogens is 254 g/mol. The molecule has 0 amide bonds. The first kappa shape index (κ1) is 9.15. The zero-order valence-electron chi connectivity index (χ0n) is 6.83. The van der Waals surface area contributed by atoms with Crippen molar-refractivity contribution in [2.24, 2.45) is 0 Å². The monoisotopic (exact) mass is 261 g/mol. The van der Waals surface area contributed by atoms with Gasteiger partial charge in [-0.3, -0.25) is 4.98 Å². The van der Waals surface area contributed by atoms with Gasteiger partial charge in [0.1, 0.15) is 0 Å².